The normalized spacial score (nSPS) is 20.5. The van der Waals surface area contributed by atoms with Crippen molar-refractivity contribution < 1.29 is 32.6 Å². The predicted molar refractivity (Wildman–Crippen MR) is 148 cm³/mol. The van der Waals surface area contributed by atoms with Gasteiger partial charge in [-0.3, -0.25) is 14.0 Å². The Hall–Kier alpha value is -4.68. The van der Waals surface area contributed by atoms with Crippen molar-refractivity contribution in [1.29, 1.82) is 0 Å². The summed E-state index contributed by atoms with van der Waals surface area (Å²) in [6.07, 6.45) is 1.11. The number of amides is 1. The van der Waals surface area contributed by atoms with Crippen molar-refractivity contribution in [2.24, 2.45) is 5.41 Å². The highest BCUT2D eigenvalue weighted by atomic mass is 19.4. The number of alkyl halides is 3. The molecule has 0 bridgehead atoms. The number of nitrogen functional groups attached to an aromatic ring is 1. The molecule has 1 fully saturated rings. The summed E-state index contributed by atoms with van der Waals surface area (Å²) >= 11 is 0. The van der Waals surface area contributed by atoms with Gasteiger partial charge in [0.1, 0.15) is 34.4 Å². The number of aliphatic carboxylic acids is 1. The lowest BCUT2D eigenvalue weighted by atomic mass is 9.81. The van der Waals surface area contributed by atoms with E-state index in [9.17, 15) is 27.9 Å². The summed E-state index contributed by atoms with van der Waals surface area (Å²) in [6, 6.07) is 6.16. The van der Waals surface area contributed by atoms with E-state index in [1.165, 1.54) is 12.1 Å². The molecule has 2 atom stereocenters. The second-order valence-electron chi connectivity index (χ2n) is 10.9. The molecule has 0 unspecified atom stereocenters. The number of pyridine rings is 1. The van der Waals surface area contributed by atoms with E-state index in [0.29, 0.717) is 47.6 Å². The van der Waals surface area contributed by atoms with Crippen molar-refractivity contribution in [2.45, 2.75) is 51.6 Å². The van der Waals surface area contributed by atoms with Crippen LogP contribution in [0.25, 0.3) is 16.8 Å². The summed E-state index contributed by atoms with van der Waals surface area (Å²) in [4.78, 5) is 38.0. The number of benzene rings is 1. The average Bonchev–Trinajstić information content (AvgIpc) is 3.48. The van der Waals surface area contributed by atoms with Gasteiger partial charge in [-0.1, -0.05) is 6.92 Å². The van der Waals surface area contributed by atoms with E-state index in [1.54, 1.807) is 32.3 Å². The summed E-state index contributed by atoms with van der Waals surface area (Å²) in [5.74, 6) is -0.665. The summed E-state index contributed by atoms with van der Waals surface area (Å²) in [5.41, 5.74) is 5.48. The Morgan fingerprint density at radius 2 is 1.90 bits per heavy atom. The number of carboxylic acids is 1. The molecule has 1 saturated carbocycles. The SMILES string of the molecule is CCOc1cc(C(=O)Nc2cc(C(F)(F)F)ccn2)ccc1-c1nc([C@]2(C)CC[C@@](C)(C(=O)O)C2)n2ccnc(N)c12. The molecule has 0 spiro atoms. The van der Waals surface area contributed by atoms with E-state index in [2.05, 4.69) is 15.3 Å². The van der Waals surface area contributed by atoms with E-state index >= 15 is 0 Å². The molecule has 10 nitrogen and oxygen atoms in total. The molecule has 1 aliphatic rings. The van der Waals surface area contributed by atoms with Crippen molar-refractivity contribution in [3.05, 3.63) is 65.9 Å². The number of aromatic nitrogens is 4. The summed E-state index contributed by atoms with van der Waals surface area (Å²) in [6.45, 7) is 5.73. The maximum absolute atomic E-state index is 13.1. The number of hydrogen-bond donors (Lipinski definition) is 3. The number of halogens is 3. The third-order valence-corrected chi connectivity index (χ3v) is 7.78. The van der Waals surface area contributed by atoms with Crippen LogP contribution in [0.1, 0.15) is 61.8 Å². The molecule has 4 aromatic rings. The molecule has 0 saturated heterocycles. The number of hydrogen-bond acceptors (Lipinski definition) is 7. The Bertz CT molecular complexity index is 1700. The molecule has 1 aromatic carbocycles. The van der Waals surface area contributed by atoms with Crippen LogP contribution in [0.3, 0.4) is 0 Å². The average molecular weight is 583 g/mol. The third kappa shape index (κ3) is 5.10. The number of ether oxygens (including phenoxy) is 1. The van der Waals surface area contributed by atoms with Gasteiger partial charge in [-0.15, -0.1) is 0 Å². The summed E-state index contributed by atoms with van der Waals surface area (Å²) in [7, 11) is 0. The highest BCUT2D eigenvalue weighted by Crippen LogP contribution is 2.51. The fourth-order valence-corrected chi connectivity index (χ4v) is 5.64. The number of carboxylic acid groups (broad SMARTS) is 1. The molecule has 0 radical (unpaired) electrons. The lowest BCUT2D eigenvalue weighted by Gasteiger charge is -2.25. The predicted octanol–water partition coefficient (Wildman–Crippen LogP) is 5.58. The lowest BCUT2D eigenvalue weighted by molar-refractivity contribution is -0.147. The first kappa shape index (κ1) is 28.8. The first-order chi connectivity index (χ1) is 19.8. The van der Waals surface area contributed by atoms with Gasteiger partial charge in [-0.2, -0.15) is 13.2 Å². The quantitative estimate of drug-likeness (QED) is 0.256. The second kappa shape index (κ2) is 10.3. The largest absolute Gasteiger partial charge is 0.493 e. The van der Waals surface area contributed by atoms with E-state index in [0.717, 1.165) is 18.3 Å². The Balaban J connectivity index is 1.56. The molecule has 3 heterocycles. The number of anilines is 2. The molecule has 1 amide bonds. The zero-order valence-corrected chi connectivity index (χ0v) is 23.1. The zero-order chi connectivity index (χ0) is 30.4. The van der Waals surface area contributed by atoms with E-state index in [-0.39, 0.29) is 23.8 Å². The molecule has 4 N–H and O–H groups in total. The molecular weight excluding hydrogens is 553 g/mol. The number of fused-ring (bicyclic) bond motifs is 1. The molecule has 42 heavy (non-hydrogen) atoms. The Kier molecular flexibility index (Phi) is 7.07. The number of imidazole rings is 1. The minimum Gasteiger partial charge on any atom is -0.493 e. The fraction of sp³-hybridized carbons (Fsp3) is 0.345. The van der Waals surface area contributed by atoms with Gasteiger partial charge in [0.15, 0.2) is 0 Å². The molecule has 220 valence electrons. The van der Waals surface area contributed by atoms with Crippen LogP contribution in [0.4, 0.5) is 24.8 Å². The van der Waals surface area contributed by atoms with Crippen molar-refractivity contribution in [3.8, 4) is 17.0 Å². The Morgan fingerprint density at radius 3 is 2.57 bits per heavy atom. The molecule has 0 aliphatic heterocycles. The Labute approximate surface area is 238 Å². The van der Waals surface area contributed by atoms with Gasteiger partial charge in [-0.25, -0.2) is 15.0 Å². The first-order valence-electron chi connectivity index (χ1n) is 13.2. The van der Waals surface area contributed by atoms with Crippen molar-refractivity contribution in [1.82, 2.24) is 19.4 Å². The van der Waals surface area contributed by atoms with Gasteiger partial charge in [0.2, 0.25) is 0 Å². The number of nitrogens with one attached hydrogen (secondary N) is 1. The highest BCUT2D eigenvalue weighted by molar-refractivity contribution is 6.04. The maximum atomic E-state index is 13.1. The van der Waals surface area contributed by atoms with Crippen LogP contribution >= 0.6 is 0 Å². The van der Waals surface area contributed by atoms with Gasteiger partial charge in [-0.05, 0) is 63.4 Å². The summed E-state index contributed by atoms with van der Waals surface area (Å²) in [5, 5.41) is 12.2. The third-order valence-electron chi connectivity index (χ3n) is 7.78. The minimum absolute atomic E-state index is 0.122. The van der Waals surface area contributed by atoms with Crippen molar-refractivity contribution in [2.75, 3.05) is 17.7 Å². The van der Waals surface area contributed by atoms with Crippen LogP contribution in [0.2, 0.25) is 0 Å². The first-order valence-corrected chi connectivity index (χ1v) is 13.2. The van der Waals surface area contributed by atoms with Crippen LogP contribution in [0.15, 0.2) is 48.9 Å². The van der Waals surface area contributed by atoms with Crippen LogP contribution in [0.5, 0.6) is 5.75 Å². The minimum atomic E-state index is -4.59. The van der Waals surface area contributed by atoms with Crippen molar-refractivity contribution >= 4 is 29.0 Å². The summed E-state index contributed by atoms with van der Waals surface area (Å²) < 4.78 is 47.0. The molecule has 13 heteroatoms. The van der Waals surface area contributed by atoms with Crippen LogP contribution in [-0.2, 0) is 16.4 Å². The van der Waals surface area contributed by atoms with Gasteiger partial charge < -0.3 is 20.9 Å². The molecule has 1 aliphatic carbocycles. The van der Waals surface area contributed by atoms with Gasteiger partial charge in [0.25, 0.3) is 5.91 Å². The second-order valence-corrected chi connectivity index (χ2v) is 10.9. The number of carbonyl (C=O) groups excluding carboxylic acids is 1. The number of nitrogens with zero attached hydrogens (tertiary/aromatic N) is 4. The molecule has 5 rings (SSSR count). The van der Waals surface area contributed by atoms with Crippen LogP contribution in [-0.4, -0.2) is 42.9 Å². The molecule has 3 aromatic heterocycles. The number of rotatable bonds is 7. The Morgan fingerprint density at radius 1 is 1.14 bits per heavy atom. The van der Waals surface area contributed by atoms with Crippen LogP contribution in [0, 0.1) is 5.41 Å². The van der Waals surface area contributed by atoms with Crippen LogP contribution < -0.4 is 15.8 Å². The topological polar surface area (TPSA) is 145 Å². The molecular formula is C29H29F3N6O4. The number of carbonyl (C=O) groups is 2. The van der Waals surface area contributed by atoms with Gasteiger partial charge in [0.05, 0.1) is 17.6 Å². The van der Waals surface area contributed by atoms with E-state index in [4.69, 9.17) is 15.5 Å². The smallest absolute Gasteiger partial charge is 0.416 e. The monoisotopic (exact) mass is 582 g/mol. The maximum Gasteiger partial charge on any atom is 0.416 e. The van der Waals surface area contributed by atoms with Crippen molar-refractivity contribution in [3.63, 3.8) is 0 Å². The number of nitrogens with two attached hydrogens (primary N) is 1. The fourth-order valence-electron chi connectivity index (χ4n) is 5.64. The zero-order valence-electron chi connectivity index (χ0n) is 23.1. The van der Waals surface area contributed by atoms with E-state index in [1.807, 2.05) is 11.3 Å². The van der Waals surface area contributed by atoms with Gasteiger partial charge >= 0.3 is 12.1 Å². The van der Waals surface area contributed by atoms with E-state index < -0.39 is 34.4 Å². The standard InChI is InChI=1S/C29H29F3N6O4/c1-4-42-19-13-16(24(39)36-20-14-17(7-10-34-20)29(30,31)32)5-6-18(19)21-22-23(33)35-11-12-38(22)25(37-21)27(2)8-9-28(3,15-27)26(40)41/h5-7,10-14H,4,8-9,15H2,1-3H3,(H2,33,35)(H,40,41)(H,34,36,39)/t27-,28-/m1/s1. The van der Waals surface area contributed by atoms with Gasteiger partial charge in [0, 0.05) is 35.1 Å². The highest BCUT2D eigenvalue weighted by Gasteiger charge is 2.50. The lowest BCUT2D eigenvalue weighted by Crippen LogP contribution is -2.29.